The zero-order valence-corrected chi connectivity index (χ0v) is 11.9. The van der Waals surface area contributed by atoms with E-state index in [2.05, 4.69) is 49.2 Å². The maximum Gasteiger partial charge on any atom is 0.0420 e. The van der Waals surface area contributed by atoms with Crippen molar-refractivity contribution in [1.82, 2.24) is 4.98 Å². The molecule has 0 amide bonds. The first kappa shape index (κ1) is 13.8. The van der Waals surface area contributed by atoms with Crippen LogP contribution in [0.3, 0.4) is 0 Å². The molecular formula is C17H22N2. The molecule has 0 aliphatic heterocycles. The standard InChI is InChI=1S/C17H22N2/c1-12(2)15-8-6-14(7-9-15)11-17(18)16-5-4-10-19-13(16)3/h4-10,12,17H,11,18H2,1-3H3. The molecule has 0 saturated heterocycles. The molecular weight excluding hydrogens is 232 g/mol. The SMILES string of the molecule is Cc1ncccc1C(N)Cc1ccc(C(C)C)cc1. The van der Waals surface area contributed by atoms with Gasteiger partial charge in [-0.1, -0.05) is 44.2 Å². The summed E-state index contributed by atoms with van der Waals surface area (Å²) in [5.74, 6) is 0.572. The molecule has 0 spiro atoms. The highest BCUT2D eigenvalue weighted by molar-refractivity contribution is 5.28. The van der Waals surface area contributed by atoms with E-state index in [1.54, 1.807) is 0 Å². The van der Waals surface area contributed by atoms with Crippen molar-refractivity contribution in [2.45, 2.75) is 39.2 Å². The molecule has 1 heterocycles. The van der Waals surface area contributed by atoms with E-state index in [-0.39, 0.29) is 6.04 Å². The number of nitrogens with zero attached hydrogens (tertiary/aromatic N) is 1. The van der Waals surface area contributed by atoms with Crippen LogP contribution >= 0.6 is 0 Å². The van der Waals surface area contributed by atoms with Crippen LogP contribution in [0.2, 0.25) is 0 Å². The summed E-state index contributed by atoms with van der Waals surface area (Å²) in [6.07, 6.45) is 2.66. The molecule has 2 rings (SSSR count). The molecule has 0 aliphatic rings. The Balaban J connectivity index is 2.11. The first-order chi connectivity index (χ1) is 9.08. The van der Waals surface area contributed by atoms with Crippen molar-refractivity contribution >= 4 is 0 Å². The van der Waals surface area contributed by atoms with Crippen LogP contribution in [0, 0.1) is 6.92 Å². The number of pyridine rings is 1. The second kappa shape index (κ2) is 5.98. The lowest BCUT2D eigenvalue weighted by molar-refractivity contribution is 0.710. The summed E-state index contributed by atoms with van der Waals surface area (Å²) in [4.78, 5) is 4.30. The van der Waals surface area contributed by atoms with Gasteiger partial charge in [0.25, 0.3) is 0 Å². The summed E-state index contributed by atoms with van der Waals surface area (Å²) in [7, 11) is 0. The van der Waals surface area contributed by atoms with Crippen LogP contribution in [0.5, 0.6) is 0 Å². The van der Waals surface area contributed by atoms with E-state index in [9.17, 15) is 0 Å². The van der Waals surface area contributed by atoms with Gasteiger partial charge in [0.2, 0.25) is 0 Å². The summed E-state index contributed by atoms with van der Waals surface area (Å²) in [6.45, 7) is 6.43. The van der Waals surface area contributed by atoms with E-state index < -0.39 is 0 Å². The van der Waals surface area contributed by atoms with Crippen LogP contribution in [0.15, 0.2) is 42.6 Å². The zero-order chi connectivity index (χ0) is 13.8. The molecule has 0 radical (unpaired) electrons. The lowest BCUT2D eigenvalue weighted by Crippen LogP contribution is -2.15. The average Bonchev–Trinajstić information content (AvgIpc) is 2.39. The fourth-order valence-electron chi connectivity index (χ4n) is 2.29. The summed E-state index contributed by atoms with van der Waals surface area (Å²) in [5.41, 5.74) is 11.1. The van der Waals surface area contributed by atoms with Gasteiger partial charge in [-0.05, 0) is 42.0 Å². The van der Waals surface area contributed by atoms with Gasteiger partial charge in [0.05, 0.1) is 0 Å². The minimum Gasteiger partial charge on any atom is -0.324 e. The van der Waals surface area contributed by atoms with Gasteiger partial charge in [-0.25, -0.2) is 0 Å². The van der Waals surface area contributed by atoms with Crippen molar-refractivity contribution in [2.24, 2.45) is 5.73 Å². The van der Waals surface area contributed by atoms with Crippen LogP contribution in [0.25, 0.3) is 0 Å². The lowest BCUT2D eigenvalue weighted by atomic mass is 9.96. The zero-order valence-electron chi connectivity index (χ0n) is 11.9. The van der Waals surface area contributed by atoms with E-state index in [1.807, 2.05) is 19.2 Å². The molecule has 2 heteroatoms. The van der Waals surface area contributed by atoms with Gasteiger partial charge in [0.15, 0.2) is 0 Å². The van der Waals surface area contributed by atoms with Crippen molar-refractivity contribution in [3.63, 3.8) is 0 Å². The monoisotopic (exact) mass is 254 g/mol. The fraction of sp³-hybridized carbons (Fsp3) is 0.353. The van der Waals surface area contributed by atoms with Crippen LogP contribution < -0.4 is 5.73 Å². The second-order valence-corrected chi connectivity index (χ2v) is 5.38. The smallest absolute Gasteiger partial charge is 0.0420 e. The Morgan fingerprint density at radius 3 is 2.37 bits per heavy atom. The average molecular weight is 254 g/mol. The molecule has 1 aromatic carbocycles. The third kappa shape index (κ3) is 3.42. The second-order valence-electron chi connectivity index (χ2n) is 5.38. The number of aryl methyl sites for hydroxylation is 1. The highest BCUT2D eigenvalue weighted by Crippen LogP contribution is 2.20. The Labute approximate surface area is 115 Å². The number of benzene rings is 1. The quantitative estimate of drug-likeness (QED) is 0.902. The van der Waals surface area contributed by atoms with Crippen LogP contribution in [-0.4, -0.2) is 4.98 Å². The van der Waals surface area contributed by atoms with Gasteiger partial charge in [0.1, 0.15) is 0 Å². The largest absolute Gasteiger partial charge is 0.324 e. The maximum atomic E-state index is 6.29. The Morgan fingerprint density at radius 2 is 1.79 bits per heavy atom. The van der Waals surface area contributed by atoms with E-state index >= 15 is 0 Å². The molecule has 0 aliphatic carbocycles. The molecule has 19 heavy (non-hydrogen) atoms. The van der Waals surface area contributed by atoms with Crippen molar-refractivity contribution in [1.29, 1.82) is 0 Å². The Kier molecular flexibility index (Phi) is 4.33. The van der Waals surface area contributed by atoms with Crippen molar-refractivity contribution < 1.29 is 0 Å². The predicted molar refractivity (Wildman–Crippen MR) is 80.1 cm³/mol. The van der Waals surface area contributed by atoms with Crippen molar-refractivity contribution in [3.05, 3.63) is 65.0 Å². The number of rotatable bonds is 4. The van der Waals surface area contributed by atoms with Gasteiger partial charge in [-0.3, -0.25) is 4.98 Å². The number of nitrogens with two attached hydrogens (primary N) is 1. The molecule has 0 saturated carbocycles. The Hall–Kier alpha value is -1.67. The van der Waals surface area contributed by atoms with Gasteiger partial charge in [-0.2, -0.15) is 0 Å². The van der Waals surface area contributed by atoms with Gasteiger partial charge < -0.3 is 5.73 Å². The highest BCUT2D eigenvalue weighted by atomic mass is 14.7. The number of aromatic nitrogens is 1. The molecule has 0 fully saturated rings. The molecule has 1 aromatic heterocycles. The van der Waals surface area contributed by atoms with Gasteiger partial charge in [-0.15, -0.1) is 0 Å². The Morgan fingerprint density at radius 1 is 1.11 bits per heavy atom. The Bertz CT molecular complexity index is 529. The fourth-order valence-corrected chi connectivity index (χ4v) is 2.29. The summed E-state index contributed by atoms with van der Waals surface area (Å²) in [6, 6.07) is 12.8. The van der Waals surface area contributed by atoms with E-state index in [0.29, 0.717) is 5.92 Å². The van der Waals surface area contributed by atoms with Crippen LogP contribution in [0.4, 0.5) is 0 Å². The minimum atomic E-state index is 0.0126. The van der Waals surface area contributed by atoms with Crippen molar-refractivity contribution in [2.75, 3.05) is 0 Å². The third-order valence-corrected chi connectivity index (χ3v) is 3.55. The summed E-state index contributed by atoms with van der Waals surface area (Å²) in [5, 5.41) is 0. The van der Waals surface area contributed by atoms with E-state index in [1.165, 1.54) is 11.1 Å². The first-order valence-electron chi connectivity index (χ1n) is 6.84. The third-order valence-electron chi connectivity index (χ3n) is 3.55. The van der Waals surface area contributed by atoms with Crippen molar-refractivity contribution in [3.8, 4) is 0 Å². The maximum absolute atomic E-state index is 6.29. The van der Waals surface area contributed by atoms with E-state index in [4.69, 9.17) is 5.73 Å². The highest BCUT2D eigenvalue weighted by Gasteiger charge is 2.10. The molecule has 2 N–H and O–H groups in total. The molecule has 2 aromatic rings. The van der Waals surface area contributed by atoms with Crippen LogP contribution in [-0.2, 0) is 6.42 Å². The first-order valence-corrected chi connectivity index (χ1v) is 6.84. The van der Waals surface area contributed by atoms with Crippen LogP contribution in [0.1, 0.15) is 48.2 Å². The molecule has 100 valence electrons. The number of hydrogen-bond acceptors (Lipinski definition) is 2. The number of hydrogen-bond donors (Lipinski definition) is 1. The molecule has 0 bridgehead atoms. The summed E-state index contributed by atoms with van der Waals surface area (Å²) < 4.78 is 0. The van der Waals surface area contributed by atoms with Gasteiger partial charge in [0, 0.05) is 17.9 Å². The van der Waals surface area contributed by atoms with E-state index in [0.717, 1.165) is 17.7 Å². The normalized spacial score (nSPS) is 12.7. The molecule has 2 nitrogen and oxygen atoms in total. The molecule has 1 atom stereocenters. The predicted octanol–water partition coefficient (Wildman–Crippen LogP) is 3.76. The topological polar surface area (TPSA) is 38.9 Å². The minimum absolute atomic E-state index is 0.0126. The molecule has 1 unspecified atom stereocenters. The lowest BCUT2D eigenvalue weighted by Gasteiger charge is -2.14. The summed E-state index contributed by atoms with van der Waals surface area (Å²) >= 11 is 0. The van der Waals surface area contributed by atoms with Gasteiger partial charge >= 0.3 is 0 Å².